The van der Waals surface area contributed by atoms with E-state index in [0.717, 1.165) is 25.2 Å². The van der Waals surface area contributed by atoms with Gasteiger partial charge in [-0.05, 0) is 57.0 Å². The van der Waals surface area contributed by atoms with Gasteiger partial charge in [0.15, 0.2) is 0 Å². The van der Waals surface area contributed by atoms with Crippen molar-refractivity contribution in [1.29, 1.82) is 0 Å². The summed E-state index contributed by atoms with van der Waals surface area (Å²) in [5, 5.41) is 3.52. The van der Waals surface area contributed by atoms with Crippen molar-refractivity contribution in [3.05, 3.63) is 29.3 Å². The van der Waals surface area contributed by atoms with Crippen LogP contribution in [0.25, 0.3) is 0 Å². The van der Waals surface area contributed by atoms with Crippen molar-refractivity contribution in [3.8, 4) is 0 Å². The summed E-state index contributed by atoms with van der Waals surface area (Å²) in [6.07, 6.45) is 2.51. The molecule has 1 aromatic rings. The molecule has 0 aromatic heterocycles. The normalized spacial score (nSPS) is 18.5. The Morgan fingerprint density at radius 1 is 1.53 bits per heavy atom. The monoisotopic (exact) mass is 261 g/mol. The Balaban J connectivity index is 2.13. The number of amides is 1. The van der Waals surface area contributed by atoms with Gasteiger partial charge >= 0.3 is 0 Å². The third-order valence-electron chi connectivity index (χ3n) is 3.83. The van der Waals surface area contributed by atoms with Crippen LogP contribution in [0.5, 0.6) is 0 Å². The molecule has 4 nitrogen and oxygen atoms in total. The summed E-state index contributed by atoms with van der Waals surface area (Å²) < 4.78 is 0. The lowest BCUT2D eigenvalue weighted by Crippen LogP contribution is -2.37. The molecular formula is C15H23N3O. The van der Waals surface area contributed by atoms with Crippen LogP contribution in [0.4, 0.5) is 5.69 Å². The Hall–Kier alpha value is -1.55. The Labute approximate surface area is 115 Å². The Morgan fingerprint density at radius 3 is 2.84 bits per heavy atom. The van der Waals surface area contributed by atoms with Crippen LogP contribution in [0.2, 0.25) is 0 Å². The second-order valence-electron chi connectivity index (χ2n) is 5.20. The number of primary amides is 1. The average Bonchev–Trinajstić information content (AvgIpc) is 2.88. The number of aryl methyl sites for hydroxylation is 1. The maximum atomic E-state index is 11.2. The highest BCUT2D eigenvalue weighted by molar-refractivity contribution is 5.94. The van der Waals surface area contributed by atoms with E-state index in [1.54, 1.807) is 0 Å². The minimum Gasteiger partial charge on any atom is -0.370 e. The largest absolute Gasteiger partial charge is 0.370 e. The molecule has 1 atom stereocenters. The molecule has 1 amide bonds. The first kappa shape index (κ1) is 13.9. The number of hydrogen-bond donors (Lipinski definition) is 2. The zero-order valence-electron chi connectivity index (χ0n) is 11.8. The van der Waals surface area contributed by atoms with Gasteiger partial charge in [0.1, 0.15) is 0 Å². The van der Waals surface area contributed by atoms with Gasteiger partial charge in [-0.2, -0.15) is 0 Å². The number of carbonyl (C=O) groups excluding carboxylic acids is 1. The zero-order chi connectivity index (χ0) is 13.8. The molecule has 1 heterocycles. The van der Waals surface area contributed by atoms with Crippen LogP contribution >= 0.6 is 0 Å². The summed E-state index contributed by atoms with van der Waals surface area (Å²) >= 11 is 0. The molecule has 1 aliphatic heterocycles. The van der Waals surface area contributed by atoms with Crippen molar-refractivity contribution < 1.29 is 4.79 Å². The van der Waals surface area contributed by atoms with Gasteiger partial charge in [-0.1, -0.05) is 0 Å². The standard InChI is InChI=1S/C15H23N3O/c1-3-18(10-12-5-4-8-17-12)13-6-7-14(15(16)19)11(2)9-13/h6-7,9,12,17H,3-5,8,10H2,1-2H3,(H2,16,19). The minimum absolute atomic E-state index is 0.357. The third kappa shape index (κ3) is 3.26. The molecule has 0 bridgehead atoms. The van der Waals surface area contributed by atoms with Gasteiger partial charge in [0.05, 0.1) is 0 Å². The van der Waals surface area contributed by atoms with Crippen molar-refractivity contribution in [2.45, 2.75) is 32.7 Å². The second kappa shape index (κ2) is 6.06. The number of anilines is 1. The first-order valence-corrected chi connectivity index (χ1v) is 7.00. The molecule has 104 valence electrons. The van der Waals surface area contributed by atoms with Crippen LogP contribution < -0.4 is 16.0 Å². The lowest BCUT2D eigenvalue weighted by Gasteiger charge is -2.27. The summed E-state index contributed by atoms with van der Waals surface area (Å²) in [7, 11) is 0. The number of nitrogens with two attached hydrogens (primary N) is 1. The number of likely N-dealkylation sites (N-methyl/N-ethyl adjacent to an activating group) is 1. The fraction of sp³-hybridized carbons (Fsp3) is 0.533. The summed E-state index contributed by atoms with van der Waals surface area (Å²) in [5.41, 5.74) is 8.07. The Morgan fingerprint density at radius 2 is 2.32 bits per heavy atom. The second-order valence-corrected chi connectivity index (χ2v) is 5.20. The quantitative estimate of drug-likeness (QED) is 0.847. The molecule has 2 rings (SSSR count). The lowest BCUT2D eigenvalue weighted by atomic mass is 10.1. The fourth-order valence-electron chi connectivity index (χ4n) is 2.72. The molecule has 19 heavy (non-hydrogen) atoms. The smallest absolute Gasteiger partial charge is 0.248 e. The number of nitrogens with one attached hydrogen (secondary N) is 1. The summed E-state index contributed by atoms with van der Waals surface area (Å²) in [6, 6.07) is 6.46. The number of nitrogens with zero attached hydrogens (tertiary/aromatic N) is 1. The highest BCUT2D eigenvalue weighted by atomic mass is 16.1. The van der Waals surface area contributed by atoms with Gasteiger partial charge in [-0.3, -0.25) is 4.79 Å². The topological polar surface area (TPSA) is 58.4 Å². The molecule has 1 aliphatic rings. The summed E-state index contributed by atoms with van der Waals surface area (Å²) in [4.78, 5) is 13.6. The molecule has 3 N–H and O–H groups in total. The minimum atomic E-state index is -0.357. The predicted molar refractivity (Wildman–Crippen MR) is 78.6 cm³/mol. The Bertz CT molecular complexity index is 453. The van der Waals surface area contributed by atoms with Gasteiger partial charge in [0, 0.05) is 30.4 Å². The molecule has 0 radical (unpaired) electrons. The van der Waals surface area contributed by atoms with Crippen LogP contribution in [-0.4, -0.2) is 31.6 Å². The van der Waals surface area contributed by atoms with Crippen molar-refractivity contribution in [1.82, 2.24) is 5.32 Å². The van der Waals surface area contributed by atoms with Crippen LogP contribution in [0, 0.1) is 6.92 Å². The van der Waals surface area contributed by atoms with Gasteiger partial charge in [-0.15, -0.1) is 0 Å². The zero-order valence-corrected chi connectivity index (χ0v) is 11.8. The third-order valence-corrected chi connectivity index (χ3v) is 3.83. The summed E-state index contributed by atoms with van der Waals surface area (Å²) in [5.74, 6) is -0.357. The molecule has 1 fully saturated rings. The van der Waals surface area contributed by atoms with Crippen LogP contribution in [0.3, 0.4) is 0 Å². The van der Waals surface area contributed by atoms with Gasteiger partial charge < -0.3 is 16.0 Å². The highest BCUT2D eigenvalue weighted by Crippen LogP contribution is 2.20. The lowest BCUT2D eigenvalue weighted by molar-refractivity contribution is 0.1000. The Kier molecular flexibility index (Phi) is 4.43. The molecule has 1 aromatic carbocycles. The highest BCUT2D eigenvalue weighted by Gasteiger charge is 2.18. The van der Waals surface area contributed by atoms with E-state index in [4.69, 9.17) is 5.73 Å². The van der Waals surface area contributed by atoms with Crippen LogP contribution in [0.15, 0.2) is 18.2 Å². The maximum absolute atomic E-state index is 11.2. The molecule has 4 heteroatoms. The number of carbonyl (C=O) groups is 1. The molecule has 0 aliphatic carbocycles. The molecule has 0 saturated carbocycles. The predicted octanol–water partition coefficient (Wildman–Crippen LogP) is 1.67. The first-order valence-electron chi connectivity index (χ1n) is 7.00. The fourth-order valence-corrected chi connectivity index (χ4v) is 2.72. The molecular weight excluding hydrogens is 238 g/mol. The van der Waals surface area contributed by atoms with Crippen molar-refractivity contribution >= 4 is 11.6 Å². The van der Waals surface area contributed by atoms with Crippen molar-refractivity contribution in [3.63, 3.8) is 0 Å². The van der Waals surface area contributed by atoms with E-state index < -0.39 is 0 Å². The first-order chi connectivity index (χ1) is 9.11. The van der Waals surface area contributed by atoms with E-state index in [-0.39, 0.29) is 5.91 Å². The summed E-state index contributed by atoms with van der Waals surface area (Å²) in [6.45, 7) is 7.21. The molecule has 1 unspecified atom stereocenters. The number of hydrogen-bond acceptors (Lipinski definition) is 3. The van der Waals surface area contributed by atoms with E-state index in [1.807, 2.05) is 19.1 Å². The maximum Gasteiger partial charge on any atom is 0.248 e. The molecule has 0 spiro atoms. The van der Waals surface area contributed by atoms with Crippen molar-refractivity contribution in [2.75, 3.05) is 24.5 Å². The van der Waals surface area contributed by atoms with Crippen molar-refractivity contribution in [2.24, 2.45) is 5.73 Å². The van der Waals surface area contributed by atoms with E-state index in [0.29, 0.717) is 11.6 Å². The number of rotatable bonds is 5. The van der Waals surface area contributed by atoms with E-state index >= 15 is 0 Å². The van der Waals surface area contributed by atoms with E-state index in [9.17, 15) is 4.79 Å². The van der Waals surface area contributed by atoms with E-state index in [2.05, 4.69) is 23.2 Å². The van der Waals surface area contributed by atoms with Gasteiger partial charge in [0.2, 0.25) is 5.91 Å². The van der Waals surface area contributed by atoms with E-state index in [1.165, 1.54) is 18.5 Å². The number of benzene rings is 1. The van der Waals surface area contributed by atoms with Crippen LogP contribution in [-0.2, 0) is 0 Å². The van der Waals surface area contributed by atoms with Crippen LogP contribution in [0.1, 0.15) is 35.7 Å². The molecule has 1 saturated heterocycles. The average molecular weight is 261 g/mol. The van der Waals surface area contributed by atoms with Gasteiger partial charge in [0.25, 0.3) is 0 Å². The SMILES string of the molecule is CCN(CC1CCCN1)c1ccc(C(N)=O)c(C)c1. The van der Waals surface area contributed by atoms with Gasteiger partial charge in [-0.25, -0.2) is 0 Å².